The first-order valence-corrected chi connectivity index (χ1v) is 7.22. The van der Waals surface area contributed by atoms with Crippen molar-refractivity contribution in [2.24, 2.45) is 5.73 Å². The normalized spacial score (nSPS) is 10.1. The van der Waals surface area contributed by atoms with E-state index in [0.29, 0.717) is 26.3 Å². The van der Waals surface area contributed by atoms with Crippen LogP contribution < -0.4 is 11.1 Å². The second-order valence-corrected chi connectivity index (χ2v) is 5.72. The molecule has 0 aliphatic heterocycles. The van der Waals surface area contributed by atoms with Gasteiger partial charge in [-0.15, -0.1) is 0 Å². The fourth-order valence-corrected chi connectivity index (χ4v) is 2.48. The Kier molecular flexibility index (Phi) is 4.75. The minimum Gasteiger partial charge on any atom is -0.389 e. The van der Waals surface area contributed by atoms with Gasteiger partial charge in [0.05, 0.1) is 11.3 Å². The summed E-state index contributed by atoms with van der Waals surface area (Å²) in [5.41, 5.74) is 7.22. The van der Waals surface area contributed by atoms with Crippen LogP contribution in [0.5, 0.6) is 0 Å². The Labute approximate surface area is 135 Å². The van der Waals surface area contributed by atoms with Crippen LogP contribution in [0, 0.1) is 0 Å². The van der Waals surface area contributed by atoms with Gasteiger partial charge in [-0.25, -0.2) is 0 Å². The number of benzene rings is 2. The van der Waals surface area contributed by atoms with Crippen LogP contribution in [0.25, 0.3) is 0 Å². The third-order valence-corrected chi connectivity index (χ3v) is 3.76. The van der Waals surface area contributed by atoms with Gasteiger partial charge < -0.3 is 11.1 Å². The maximum Gasteiger partial charge on any atom is 0.256 e. The second-order valence-electron chi connectivity index (χ2n) is 3.99. The zero-order valence-corrected chi connectivity index (χ0v) is 13.3. The highest BCUT2D eigenvalue weighted by molar-refractivity contribution is 9.10. The number of carbonyl (C=O) groups excluding carboxylic acids is 1. The highest BCUT2D eigenvalue weighted by Gasteiger charge is 2.13. The quantitative estimate of drug-likeness (QED) is 0.804. The molecule has 0 bridgehead atoms. The summed E-state index contributed by atoms with van der Waals surface area (Å²) < 4.78 is 0.705. The molecule has 0 unspecified atom stereocenters. The van der Waals surface area contributed by atoms with Crippen molar-refractivity contribution in [1.29, 1.82) is 0 Å². The predicted molar refractivity (Wildman–Crippen MR) is 89.4 cm³/mol. The number of thiocarbonyl (C=S) groups is 1. The average molecular weight is 370 g/mol. The number of amides is 1. The molecule has 0 heterocycles. The lowest BCUT2D eigenvalue weighted by atomic mass is 10.1. The van der Waals surface area contributed by atoms with Crippen molar-refractivity contribution in [1.82, 2.24) is 0 Å². The summed E-state index contributed by atoms with van der Waals surface area (Å²) in [6, 6.07) is 12.1. The smallest absolute Gasteiger partial charge is 0.256 e. The van der Waals surface area contributed by atoms with Gasteiger partial charge in [0.15, 0.2) is 0 Å². The third-order valence-electron chi connectivity index (χ3n) is 2.61. The van der Waals surface area contributed by atoms with Gasteiger partial charge in [-0.1, -0.05) is 36.0 Å². The Bertz CT molecular complexity index is 691. The summed E-state index contributed by atoms with van der Waals surface area (Å²) >= 11 is 14.2. The Morgan fingerprint density at radius 2 is 1.90 bits per heavy atom. The van der Waals surface area contributed by atoms with Crippen LogP contribution in [-0.2, 0) is 0 Å². The van der Waals surface area contributed by atoms with Crippen LogP contribution in [0.15, 0.2) is 46.9 Å². The van der Waals surface area contributed by atoms with Crippen molar-refractivity contribution in [2.45, 2.75) is 0 Å². The molecule has 2 aromatic carbocycles. The fourth-order valence-electron chi connectivity index (χ4n) is 1.67. The molecule has 2 rings (SSSR count). The number of nitrogens with one attached hydrogen (secondary N) is 1. The molecule has 0 spiro atoms. The largest absolute Gasteiger partial charge is 0.389 e. The molecule has 3 N–H and O–H groups in total. The Morgan fingerprint density at radius 3 is 2.55 bits per heavy atom. The maximum atomic E-state index is 12.3. The first-order chi connectivity index (χ1) is 9.49. The van der Waals surface area contributed by atoms with Gasteiger partial charge in [0, 0.05) is 15.1 Å². The van der Waals surface area contributed by atoms with E-state index in [4.69, 9.17) is 29.6 Å². The van der Waals surface area contributed by atoms with E-state index in [0.717, 1.165) is 0 Å². The SMILES string of the molecule is NC(=S)c1ccc(Cl)cc1NC(=O)c1ccccc1Br. The summed E-state index contributed by atoms with van der Waals surface area (Å²) in [6.07, 6.45) is 0. The maximum absolute atomic E-state index is 12.3. The summed E-state index contributed by atoms with van der Waals surface area (Å²) in [6.45, 7) is 0. The molecule has 0 saturated carbocycles. The molecule has 0 saturated heterocycles. The lowest BCUT2D eigenvalue weighted by molar-refractivity contribution is 0.102. The fraction of sp³-hybridized carbons (Fsp3) is 0. The lowest BCUT2D eigenvalue weighted by Crippen LogP contribution is -2.18. The third kappa shape index (κ3) is 3.36. The molecular weight excluding hydrogens is 360 g/mol. The van der Waals surface area contributed by atoms with Gasteiger partial charge in [0.1, 0.15) is 4.99 Å². The minimum absolute atomic E-state index is 0.198. The molecule has 0 aliphatic rings. The van der Waals surface area contributed by atoms with E-state index < -0.39 is 0 Å². The average Bonchev–Trinajstić information content (AvgIpc) is 2.38. The van der Waals surface area contributed by atoms with E-state index >= 15 is 0 Å². The van der Waals surface area contributed by atoms with Crippen LogP contribution in [0.4, 0.5) is 5.69 Å². The number of rotatable bonds is 3. The summed E-state index contributed by atoms with van der Waals surface area (Å²) in [4.78, 5) is 12.5. The number of anilines is 1. The minimum atomic E-state index is -0.266. The summed E-state index contributed by atoms with van der Waals surface area (Å²) in [5.74, 6) is -0.266. The van der Waals surface area contributed by atoms with E-state index in [1.165, 1.54) is 0 Å². The number of hydrogen-bond acceptors (Lipinski definition) is 2. The van der Waals surface area contributed by atoms with Crippen molar-refractivity contribution in [3.63, 3.8) is 0 Å². The first kappa shape index (κ1) is 15.0. The number of halogens is 2. The van der Waals surface area contributed by atoms with Crippen molar-refractivity contribution >= 4 is 56.3 Å². The zero-order chi connectivity index (χ0) is 14.7. The number of carbonyl (C=O) groups is 1. The molecule has 0 aliphatic carbocycles. The molecule has 0 atom stereocenters. The number of nitrogens with two attached hydrogens (primary N) is 1. The van der Waals surface area contributed by atoms with E-state index in [-0.39, 0.29) is 10.9 Å². The van der Waals surface area contributed by atoms with Gasteiger partial charge in [0.2, 0.25) is 0 Å². The van der Waals surface area contributed by atoms with Crippen LogP contribution in [-0.4, -0.2) is 10.9 Å². The molecule has 20 heavy (non-hydrogen) atoms. The Balaban J connectivity index is 2.35. The number of hydrogen-bond donors (Lipinski definition) is 2. The molecule has 3 nitrogen and oxygen atoms in total. The van der Waals surface area contributed by atoms with E-state index in [2.05, 4.69) is 21.2 Å². The molecule has 1 amide bonds. The molecule has 102 valence electrons. The van der Waals surface area contributed by atoms with E-state index in [1.807, 2.05) is 6.07 Å². The molecular formula is C14H10BrClN2OS. The van der Waals surface area contributed by atoms with Crippen molar-refractivity contribution < 1.29 is 4.79 Å². The topological polar surface area (TPSA) is 55.1 Å². The van der Waals surface area contributed by atoms with Gasteiger partial charge >= 0.3 is 0 Å². The lowest BCUT2D eigenvalue weighted by Gasteiger charge is -2.11. The monoisotopic (exact) mass is 368 g/mol. The predicted octanol–water partition coefficient (Wildman–Crippen LogP) is 3.99. The van der Waals surface area contributed by atoms with E-state index in [9.17, 15) is 4.79 Å². The van der Waals surface area contributed by atoms with Crippen molar-refractivity contribution in [3.8, 4) is 0 Å². The standard InChI is InChI=1S/C14H10BrClN2OS/c15-11-4-2-1-3-9(11)14(19)18-12-7-8(16)5-6-10(12)13(17)20/h1-7H,(H2,17,20)(H,18,19). The van der Waals surface area contributed by atoms with Crippen LogP contribution in [0.3, 0.4) is 0 Å². The van der Waals surface area contributed by atoms with Crippen LogP contribution in [0.2, 0.25) is 5.02 Å². The molecule has 2 aromatic rings. The molecule has 6 heteroatoms. The van der Waals surface area contributed by atoms with Gasteiger partial charge in [0.25, 0.3) is 5.91 Å². The van der Waals surface area contributed by atoms with Crippen LogP contribution in [0.1, 0.15) is 15.9 Å². The first-order valence-electron chi connectivity index (χ1n) is 5.64. The van der Waals surface area contributed by atoms with Gasteiger partial charge in [-0.05, 0) is 46.3 Å². The molecule has 0 radical (unpaired) electrons. The molecule has 0 fully saturated rings. The molecule has 0 aromatic heterocycles. The summed E-state index contributed by atoms with van der Waals surface area (Å²) in [5, 5.41) is 3.26. The van der Waals surface area contributed by atoms with Crippen molar-refractivity contribution in [3.05, 3.63) is 63.1 Å². The van der Waals surface area contributed by atoms with Gasteiger partial charge in [-0.2, -0.15) is 0 Å². The van der Waals surface area contributed by atoms with E-state index in [1.54, 1.807) is 36.4 Å². The summed E-state index contributed by atoms with van der Waals surface area (Å²) in [7, 11) is 0. The highest BCUT2D eigenvalue weighted by atomic mass is 79.9. The van der Waals surface area contributed by atoms with Crippen LogP contribution >= 0.6 is 39.7 Å². The Hall–Kier alpha value is -1.43. The highest BCUT2D eigenvalue weighted by Crippen LogP contribution is 2.23. The zero-order valence-electron chi connectivity index (χ0n) is 10.2. The van der Waals surface area contributed by atoms with Crippen molar-refractivity contribution in [2.75, 3.05) is 5.32 Å². The van der Waals surface area contributed by atoms with Gasteiger partial charge in [-0.3, -0.25) is 4.79 Å². The Morgan fingerprint density at radius 1 is 1.20 bits per heavy atom. The second kappa shape index (κ2) is 6.35.